The minimum Gasteiger partial charge on any atom is -0.192 e. The van der Waals surface area contributed by atoms with Crippen LogP contribution in [0.5, 0.6) is 0 Å². The molecule has 0 bridgehead atoms. The van der Waals surface area contributed by atoms with E-state index in [1.54, 1.807) is 12.1 Å². The summed E-state index contributed by atoms with van der Waals surface area (Å²) in [6.45, 7) is 0. The Balaban J connectivity index is 2.54. The van der Waals surface area contributed by atoms with Gasteiger partial charge in [0.15, 0.2) is 0 Å². The van der Waals surface area contributed by atoms with Gasteiger partial charge in [0.1, 0.15) is 18.2 Å². The topological polar surface area (TPSA) is 95.2 Å². The Labute approximate surface area is 136 Å². The molecule has 0 aromatic heterocycles. The Bertz CT molecular complexity index is 1340. The zero-order valence-corrected chi connectivity index (χ0v) is 12.3. The molecule has 106 valence electrons. The van der Waals surface area contributed by atoms with Crippen molar-refractivity contribution in [3.8, 4) is 24.3 Å². The average molecular weight is 302 g/mol. The highest BCUT2D eigenvalue weighted by atomic mass is 14.3. The van der Waals surface area contributed by atoms with Crippen molar-refractivity contribution in [1.29, 1.82) is 21.0 Å². The lowest BCUT2D eigenvalue weighted by Gasteiger charge is -2.15. The highest BCUT2D eigenvalue weighted by molar-refractivity contribution is 6.26. The number of nitriles is 4. The van der Waals surface area contributed by atoms with Gasteiger partial charge in [-0.1, -0.05) is 30.3 Å². The molecular formula is C20H6N4. The molecule has 0 saturated carbocycles. The molecule has 4 aromatic rings. The summed E-state index contributed by atoms with van der Waals surface area (Å²) in [6, 6.07) is 19.3. The van der Waals surface area contributed by atoms with E-state index in [4.69, 9.17) is 0 Å². The van der Waals surface area contributed by atoms with E-state index >= 15 is 0 Å². The lowest BCUT2D eigenvalue weighted by molar-refractivity contribution is 1.42. The molecule has 4 heteroatoms. The summed E-state index contributed by atoms with van der Waals surface area (Å²) in [5, 5.41) is 42.7. The highest BCUT2D eigenvalue weighted by Gasteiger charge is 2.22. The molecule has 0 saturated heterocycles. The van der Waals surface area contributed by atoms with Gasteiger partial charge in [-0.05, 0) is 22.2 Å². The van der Waals surface area contributed by atoms with Crippen LogP contribution in [0.3, 0.4) is 0 Å². The van der Waals surface area contributed by atoms with Gasteiger partial charge in [0.2, 0.25) is 0 Å². The van der Waals surface area contributed by atoms with Crippen molar-refractivity contribution in [2.45, 2.75) is 0 Å². The van der Waals surface area contributed by atoms with Gasteiger partial charge in [-0.2, -0.15) is 21.0 Å². The van der Waals surface area contributed by atoms with E-state index < -0.39 is 0 Å². The van der Waals surface area contributed by atoms with E-state index in [1.807, 2.05) is 36.4 Å². The molecule has 0 heterocycles. The first-order valence-electron chi connectivity index (χ1n) is 7.13. The molecule has 0 aliphatic carbocycles. The summed E-state index contributed by atoms with van der Waals surface area (Å²) < 4.78 is 0. The fourth-order valence-corrected chi connectivity index (χ4v) is 3.43. The third kappa shape index (κ3) is 1.47. The Morgan fingerprint density at radius 3 is 1.96 bits per heavy atom. The summed E-state index contributed by atoms with van der Waals surface area (Å²) in [4.78, 5) is 0. The van der Waals surface area contributed by atoms with Crippen LogP contribution in [0.25, 0.3) is 32.3 Å². The van der Waals surface area contributed by atoms with Gasteiger partial charge >= 0.3 is 0 Å². The summed E-state index contributed by atoms with van der Waals surface area (Å²) in [5.41, 5.74) is 0.645. The van der Waals surface area contributed by atoms with Gasteiger partial charge in [0.25, 0.3) is 0 Å². The minimum absolute atomic E-state index is 0.0300. The molecule has 0 aliphatic rings. The van der Waals surface area contributed by atoms with Gasteiger partial charge < -0.3 is 0 Å². The molecular weight excluding hydrogens is 296 g/mol. The van der Waals surface area contributed by atoms with Gasteiger partial charge in [0, 0.05) is 16.2 Å². The molecule has 0 N–H and O–H groups in total. The predicted octanol–water partition coefficient (Wildman–Crippen LogP) is 4.07. The van der Waals surface area contributed by atoms with Crippen molar-refractivity contribution in [3.63, 3.8) is 0 Å². The molecule has 0 fully saturated rings. The normalized spacial score (nSPS) is 10.3. The lowest BCUT2D eigenvalue weighted by Crippen LogP contribution is -1.98. The molecule has 24 heavy (non-hydrogen) atoms. The predicted molar refractivity (Wildman–Crippen MR) is 89.0 cm³/mol. The van der Waals surface area contributed by atoms with Crippen LogP contribution in [0.15, 0.2) is 36.4 Å². The first-order valence-corrected chi connectivity index (χ1v) is 7.13. The number of hydrogen-bond donors (Lipinski definition) is 0. The van der Waals surface area contributed by atoms with E-state index in [2.05, 4.69) is 12.1 Å². The van der Waals surface area contributed by atoms with Crippen LogP contribution in [-0.2, 0) is 0 Å². The van der Waals surface area contributed by atoms with Crippen LogP contribution in [0, 0.1) is 45.3 Å². The van der Waals surface area contributed by atoms with Crippen LogP contribution in [0.2, 0.25) is 0 Å². The SMILES string of the molecule is N#Cc1c(C#N)c2ccc3cccc4cc(C#N)c(c1C#N)c2c34. The first kappa shape index (κ1) is 13.5. The smallest absolute Gasteiger partial charge is 0.102 e. The monoisotopic (exact) mass is 302 g/mol. The molecule has 4 nitrogen and oxygen atoms in total. The van der Waals surface area contributed by atoms with E-state index in [9.17, 15) is 21.0 Å². The summed E-state index contributed by atoms with van der Waals surface area (Å²) in [7, 11) is 0. The highest BCUT2D eigenvalue weighted by Crippen LogP contribution is 2.40. The fraction of sp³-hybridized carbons (Fsp3) is 0. The Kier molecular flexibility index (Phi) is 2.64. The maximum Gasteiger partial charge on any atom is 0.102 e. The van der Waals surface area contributed by atoms with Crippen LogP contribution >= 0.6 is 0 Å². The molecule has 0 aliphatic heterocycles. The quantitative estimate of drug-likeness (QED) is 0.457. The van der Waals surface area contributed by atoms with Crippen LogP contribution in [-0.4, -0.2) is 0 Å². The second-order valence-corrected chi connectivity index (χ2v) is 5.44. The van der Waals surface area contributed by atoms with E-state index in [0.717, 1.165) is 16.2 Å². The van der Waals surface area contributed by atoms with Gasteiger partial charge in [-0.25, -0.2) is 0 Å². The van der Waals surface area contributed by atoms with Crippen molar-refractivity contribution in [2.24, 2.45) is 0 Å². The molecule has 0 amide bonds. The van der Waals surface area contributed by atoms with Crippen molar-refractivity contribution < 1.29 is 0 Å². The Morgan fingerprint density at radius 1 is 0.583 bits per heavy atom. The standard InChI is InChI=1S/C20H6N4/c21-7-13-6-12-3-1-2-11-4-5-14-15(8-22)16(9-23)17(10-24)19(13)20(14)18(11)12/h1-6H. The summed E-state index contributed by atoms with van der Waals surface area (Å²) in [5.74, 6) is 0. The molecule has 4 rings (SSSR count). The number of hydrogen-bond acceptors (Lipinski definition) is 4. The van der Waals surface area contributed by atoms with E-state index in [1.165, 1.54) is 0 Å². The summed E-state index contributed by atoms with van der Waals surface area (Å²) >= 11 is 0. The van der Waals surface area contributed by atoms with Gasteiger partial charge in [-0.3, -0.25) is 0 Å². The largest absolute Gasteiger partial charge is 0.192 e. The van der Waals surface area contributed by atoms with Gasteiger partial charge in [-0.15, -0.1) is 0 Å². The molecule has 0 radical (unpaired) electrons. The lowest BCUT2D eigenvalue weighted by atomic mass is 9.85. The van der Waals surface area contributed by atoms with Crippen LogP contribution in [0.1, 0.15) is 22.3 Å². The third-order valence-corrected chi connectivity index (χ3v) is 4.37. The van der Waals surface area contributed by atoms with E-state index in [-0.39, 0.29) is 16.7 Å². The van der Waals surface area contributed by atoms with Crippen LogP contribution in [0.4, 0.5) is 0 Å². The second kappa shape index (κ2) is 4.69. The maximum atomic E-state index is 9.60. The number of rotatable bonds is 0. The zero-order valence-electron chi connectivity index (χ0n) is 12.3. The second-order valence-electron chi connectivity index (χ2n) is 5.44. The van der Waals surface area contributed by atoms with Crippen molar-refractivity contribution in [3.05, 3.63) is 58.7 Å². The number of benzene rings is 4. The maximum absolute atomic E-state index is 9.60. The molecule has 0 spiro atoms. The molecule has 0 unspecified atom stereocenters. The fourth-order valence-electron chi connectivity index (χ4n) is 3.43. The molecule has 4 aromatic carbocycles. The van der Waals surface area contributed by atoms with E-state index in [0.29, 0.717) is 21.7 Å². The van der Waals surface area contributed by atoms with Crippen molar-refractivity contribution >= 4 is 32.3 Å². The zero-order chi connectivity index (χ0) is 16.8. The third-order valence-electron chi connectivity index (χ3n) is 4.37. The summed E-state index contributed by atoms with van der Waals surface area (Å²) in [6.07, 6.45) is 0. The Hall–Kier alpha value is -4.12. The average Bonchev–Trinajstić information content (AvgIpc) is 2.64. The van der Waals surface area contributed by atoms with Crippen LogP contribution < -0.4 is 0 Å². The van der Waals surface area contributed by atoms with Gasteiger partial charge in [0.05, 0.1) is 28.3 Å². The van der Waals surface area contributed by atoms with Crippen molar-refractivity contribution in [2.75, 3.05) is 0 Å². The minimum atomic E-state index is 0.0300. The first-order chi connectivity index (χ1) is 11.7. The Morgan fingerprint density at radius 2 is 1.29 bits per heavy atom. The number of nitrogens with zero attached hydrogens (tertiary/aromatic N) is 4. The van der Waals surface area contributed by atoms with Crippen molar-refractivity contribution in [1.82, 2.24) is 0 Å². The molecule has 0 atom stereocenters.